The van der Waals surface area contributed by atoms with Crippen molar-refractivity contribution in [3.05, 3.63) is 63.6 Å². The summed E-state index contributed by atoms with van der Waals surface area (Å²) >= 11 is 0. The summed E-state index contributed by atoms with van der Waals surface area (Å²) in [5.74, 6) is -0.155. The van der Waals surface area contributed by atoms with Crippen LogP contribution in [0.15, 0.2) is 41.2 Å². The van der Waals surface area contributed by atoms with Crippen LogP contribution in [0.3, 0.4) is 0 Å². The summed E-state index contributed by atoms with van der Waals surface area (Å²) in [6, 6.07) is 10.9. The number of likely N-dealkylation sites (tertiary alicyclic amines) is 1. The first-order valence-corrected chi connectivity index (χ1v) is 9.21. The van der Waals surface area contributed by atoms with Crippen molar-refractivity contribution in [3.8, 4) is 0 Å². The number of H-pyrrole nitrogens is 1. The molecule has 0 atom stereocenters. The molecule has 0 unspecified atom stereocenters. The van der Waals surface area contributed by atoms with Crippen LogP contribution in [0.2, 0.25) is 0 Å². The number of aromatic amines is 1. The summed E-state index contributed by atoms with van der Waals surface area (Å²) in [5.41, 5.74) is 2.23. The van der Waals surface area contributed by atoms with E-state index in [1.807, 2.05) is 11.8 Å². The largest absolute Gasteiger partial charge is 0.348 e. The van der Waals surface area contributed by atoms with Gasteiger partial charge in [0, 0.05) is 31.6 Å². The number of hydrogen-bond donors (Lipinski definition) is 2. The van der Waals surface area contributed by atoms with Gasteiger partial charge in [0.25, 0.3) is 11.5 Å². The molecule has 0 bridgehead atoms. The highest BCUT2D eigenvalue weighted by molar-refractivity contribution is 5.92. The van der Waals surface area contributed by atoms with Crippen LogP contribution >= 0.6 is 0 Å². The number of carbonyl (C=O) groups excluding carboxylic acids is 2. The van der Waals surface area contributed by atoms with Crippen molar-refractivity contribution >= 4 is 11.8 Å². The Kier molecular flexibility index (Phi) is 6.01. The monoisotopic (exact) mass is 368 g/mol. The van der Waals surface area contributed by atoms with Crippen molar-refractivity contribution in [2.45, 2.75) is 38.6 Å². The van der Waals surface area contributed by atoms with Crippen molar-refractivity contribution < 1.29 is 9.59 Å². The zero-order valence-electron chi connectivity index (χ0n) is 15.4. The number of hydrogen-bond acceptors (Lipinski definition) is 4. The number of aromatic nitrogens is 2. The van der Waals surface area contributed by atoms with E-state index in [0.29, 0.717) is 32.4 Å². The van der Waals surface area contributed by atoms with Gasteiger partial charge in [-0.1, -0.05) is 29.8 Å². The number of carbonyl (C=O) groups is 2. The SMILES string of the molecule is Cc1ccc(CCC(=O)N2CCC(NC(=O)c3ccc(=O)[nH]n3)CC2)cc1. The Hall–Kier alpha value is -2.96. The van der Waals surface area contributed by atoms with Gasteiger partial charge in [0.05, 0.1) is 0 Å². The van der Waals surface area contributed by atoms with Crippen LogP contribution < -0.4 is 10.9 Å². The molecule has 2 N–H and O–H groups in total. The molecule has 2 aromatic rings. The van der Waals surface area contributed by atoms with Gasteiger partial charge in [-0.3, -0.25) is 14.4 Å². The van der Waals surface area contributed by atoms with Crippen LogP contribution in [0.4, 0.5) is 0 Å². The van der Waals surface area contributed by atoms with Crippen molar-refractivity contribution in [2.24, 2.45) is 0 Å². The molecule has 1 aromatic heterocycles. The van der Waals surface area contributed by atoms with E-state index >= 15 is 0 Å². The fraction of sp³-hybridized carbons (Fsp3) is 0.400. The number of rotatable bonds is 5. The molecule has 1 fully saturated rings. The average molecular weight is 368 g/mol. The lowest BCUT2D eigenvalue weighted by Crippen LogP contribution is -2.46. The summed E-state index contributed by atoms with van der Waals surface area (Å²) in [4.78, 5) is 37.4. The summed E-state index contributed by atoms with van der Waals surface area (Å²) in [6.07, 6.45) is 2.67. The standard InChI is InChI=1S/C20H24N4O3/c1-14-2-4-15(5-3-14)6-9-19(26)24-12-10-16(11-13-24)21-20(27)17-7-8-18(25)23-22-17/h2-5,7-8,16H,6,9-13H2,1H3,(H,21,27)(H,23,25). The number of nitrogens with one attached hydrogen (secondary N) is 2. The highest BCUT2D eigenvalue weighted by atomic mass is 16.2. The molecule has 7 heteroatoms. The van der Waals surface area contributed by atoms with E-state index in [4.69, 9.17) is 0 Å². The van der Waals surface area contributed by atoms with E-state index in [1.165, 1.54) is 23.3 Å². The Morgan fingerprint density at radius 2 is 1.85 bits per heavy atom. The third-order valence-electron chi connectivity index (χ3n) is 4.84. The first kappa shape index (κ1) is 18.8. The molecular weight excluding hydrogens is 344 g/mol. The molecule has 2 amide bonds. The molecule has 2 heterocycles. The Balaban J connectivity index is 1.43. The Bertz CT molecular complexity index is 832. The zero-order chi connectivity index (χ0) is 19.2. The van der Waals surface area contributed by atoms with E-state index in [9.17, 15) is 14.4 Å². The minimum absolute atomic E-state index is 0.00683. The molecule has 7 nitrogen and oxygen atoms in total. The van der Waals surface area contributed by atoms with E-state index < -0.39 is 0 Å². The molecule has 27 heavy (non-hydrogen) atoms. The summed E-state index contributed by atoms with van der Waals surface area (Å²) in [6.45, 7) is 3.32. The minimum atomic E-state index is -0.344. The second-order valence-electron chi connectivity index (χ2n) is 6.92. The van der Waals surface area contributed by atoms with Gasteiger partial charge < -0.3 is 10.2 Å². The van der Waals surface area contributed by atoms with Crippen LogP contribution in [-0.4, -0.2) is 46.0 Å². The molecular formula is C20H24N4O3. The molecule has 0 aliphatic carbocycles. The van der Waals surface area contributed by atoms with E-state index in [0.717, 1.165) is 6.42 Å². The third kappa shape index (κ3) is 5.26. The molecule has 0 radical (unpaired) electrons. The topological polar surface area (TPSA) is 95.2 Å². The third-order valence-corrected chi connectivity index (χ3v) is 4.84. The number of benzene rings is 1. The average Bonchev–Trinajstić information content (AvgIpc) is 2.68. The molecule has 0 saturated carbocycles. The molecule has 3 rings (SSSR count). The predicted octanol–water partition coefficient (Wildman–Crippen LogP) is 1.43. The molecule has 0 spiro atoms. The maximum absolute atomic E-state index is 12.4. The number of piperidine rings is 1. The first-order chi connectivity index (χ1) is 13.0. The number of aryl methyl sites for hydroxylation is 2. The van der Waals surface area contributed by atoms with E-state index in [1.54, 1.807) is 0 Å². The first-order valence-electron chi connectivity index (χ1n) is 9.21. The van der Waals surface area contributed by atoms with Gasteiger partial charge in [0.1, 0.15) is 5.69 Å². The Morgan fingerprint density at radius 1 is 1.15 bits per heavy atom. The molecule has 1 saturated heterocycles. The van der Waals surface area contributed by atoms with Crippen molar-refractivity contribution in [1.82, 2.24) is 20.4 Å². The van der Waals surface area contributed by atoms with Gasteiger partial charge in [-0.25, -0.2) is 5.10 Å². The maximum Gasteiger partial charge on any atom is 0.271 e. The maximum atomic E-state index is 12.4. The van der Waals surface area contributed by atoms with Crippen LogP contribution in [-0.2, 0) is 11.2 Å². The highest BCUT2D eigenvalue weighted by Crippen LogP contribution is 2.14. The zero-order valence-corrected chi connectivity index (χ0v) is 15.4. The highest BCUT2D eigenvalue weighted by Gasteiger charge is 2.24. The fourth-order valence-electron chi connectivity index (χ4n) is 3.17. The summed E-state index contributed by atoms with van der Waals surface area (Å²) in [5, 5.41) is 8.90. The molecule has 1 aliphatic rings. The predicted molar refractivity (Wildman–Crippen MR) is 101 cm³/mol. The second-order valence-corrected chi connectivity index (χ2v) is 6.92. The number of amides is 2. The Labute approximate surface area is 157 Å². The van der Waals surface area contributed by atoms with Crippen LogP contribution in [0.1, 0.15) is 40.9 Å². The van der Waals surface area contributed by atoms with Gasteiger partial charge in [0.2, 0.25) is 5.91 Å². The lowest BCUT2D eigenvalue weighted by atomic mass is 10.0. The fourth-order valence-corrected chi connectivity index (χ4v) is 3.17. The summed E-state index contributed by atoms with van der Waals surface area (Å²) in [7, 11) is 0. The van der Waals surface area contributed by atoms with Gasteiger partial charge >= 0.3 is 0 Å². The van der Waals surface area contributed by atoms with Crippen molar-refractivity contribution in [3.63, 3.8) is 0 Å². The summed E-state index contributed by atoms with van der Waals surface area (Å²) < 4.78 is 0. The molecule has 1 aliphatic heterocycles. The smallest absolute Gasteiger partial charge is 0.271 e. The van der Waals surface area contributed by atoms with Gasteiger partial charge in [-0.2, -0.15) is 5.10 Å². The minimum Gasteiger partial charge on any atom is -0.348 e. The van der Waals surface area contributed by atoms with Gasteiger partial charge in [0.15, 0.2) is 0 Å². The van der Waals surface area contributed by atoms with Crippen LogP contribution in [0.25, 0.3) is 0 Å². The van der Waals surface area contributed by atoms with E-state index in [2.05, 4.69) is 39.8 Å². The molecule has 1 aromatic carbocycles. The normalized spacial score (nSPS) is 14.8. The van der Waals surface area contributed by atoms with Crippen LogP contribution in [0.5, 0.6) is 0 Å². The number of nitrogens with zero attached hydrogens (tertiary/aromatic N) is 2. The van der Waals surface area contributed by atoms with Gasteiger partial charge in [-0.15, -0.1) is 0 Å². The Morgan fingerprint density at radius 3 is 2.48 bits per heavy atom. The van der Waals surface area contributed by atoms with Crippen molar-refractivity contribution in [2.75, 3.05) is 13.1 Å². The van der Waals surface area contributed by atoms with E-state index in [-0.39, 0.29) is 29.1 Å². The molecule has 142 valence electrons. The van der Waals surface area contributed by atoms with Crippen molar-refractivity contribution in [1.29, 1.82) is 0 Å². The lowest BCUT2D eigenvalue weighted by molar-refractivity contribution is -0.132. The van der Waals surface area contributed by atoms with Gasteiger partial charge in [-0.05, 0) is 37.8 Å². The quantitative estimate of drug-likeness (QED) is 0.835. The lowest BCUT2D eigenvalue weighted by Gasteiger charge is -2.32. The second kappa shape index (κ2) is 8.62. The van der Waals surface area contributed by atoms with Crippen LogP contribution in [0, 0.1) is 6.92 Å².